The molecule has 144 valence electrons. The Labute approximate surface area is 171 Å². The lowest BCUT2D eigenvalue weighted by molar-refractivity contribution is -0.120. The number of carbonyl (C=O) groups is 1. The van der Waals surface area contributed by atoms with Gasteiger partial charge in [0.05, 0.1) is 12.2 Å². The lowest BCUT2D eigenvalue weighted by Crippen LogP contribution is -2.49. The predicted molar refractivity (Wildman–Crippen MR) is 118 cm³/mol. The van der Waals surface area contributed by atoms with E-state index in [4.69, 9.17) is 4.99 Å². The van der Waals surface area contributed by atoms with Crippen molar-refractivity contribution in [1.29, 1.82) is 0 Å². The summed E-state index contributed by atoms with van der Waals surface area (Å²) in [6, 6.07) is 26.5. The van der Waals surface area contributed by atoms with Crippen LogP contribution in [0.15, 0.2) is 83.9 Å². The Bertz CT molecular complexity index is 1140. The lowest BCUT2D eigenvalue weighted by Gasteiger charge is -2.33. The van der Waals surface area contributed by atoms with Gasteiger partial charge in [0.25, 0.3) is 0 Å². The van der Waals surface area contributed by atoms with Crippen molar-refractivity contribution in [2.24, 2.45) is 10.4 Å². The van der Waals surface area contributed by atoms with Crippen LogP contribution < -0.4 is 4.90 Å². The monoisotopic (exact) mass is 380 g/mol. The molecule has 1 atom stereocenters. The molecule has 3 nitrogen and oxygen atoms in total. The molecule has 5 rings (SSSR count). The van der Waals surface area contributed by atoms with Gasteiger partial charge in [0, 0.05) is 27.9 Å². The van der Waals surface area contributed by atoms with Gasteiger partial charge in [-0.3, -0.25) is 9.79 Å². The molecule has 3 aromatic carbocycles. The third-order valence-corrected chi connectivity index (χ3v) is 5.95. The maximum atomic E-state index is 14.3. The number of fused-ring (bicyclic) bond motifs is 4. The Morgan fingerprint density at radius 3 is 2.17 bits per heavy atom. The topological polar surface area (TPSA) is 32.7 Å². The van der Waals surface area contributed by atoms with E-state index in [0.717, 1.165) is 33.8 Å². The summed E-state index contributed by atoms with van der Waals surface area (Å²) in [5.74, 6) is 0.0983. The van der Waals surface area contributed by atoms with Crippen molar-refractivity contribution in [2.45, 2.75) is 32.7 Å². The van der Waals surface area contributed by atoms with E-state index in [2.05, 4.69) is 51.1 Å². The first-order valence-corrected chi connectivity index (χ1v) is 10.1. The highest BCUT2D eigenvalue weighted by molar-refractivity contribution is 6.30. The normalized spacial score (nSPS) is 20.0. The number of anilines is 1. The standard InChI is InChI=1S/C26H24N2O/c1-25(2,3)23-26(19-13-7-9-15-21(19)27-23)20-14-8-10-16-22(20)28(24(26)29)17-18-11-5-4-6-12-18/h4-16H,17H2,1-3H3. The molecule has 0 radical (unpaired) electrons. The molecule has 29 heavy (non-hydrogen) atoms. The molecule has 0 aliphatic carbocycles. The van der Waals surface area contributed by atoms with Crippen molar-refractivity contribution in [2.75, 3.05) is 4.90 Å². The van der Waals surface area contributed by atoms with Crippen LogP contribution in [0.25, 0.3) is 0 Å². The Kier molecular flexibility index (Phi) is 3.79. The third kappa shape index (κ3) is 2.43. The zero-order valence-electron chi connectivity index (χ0n) is 17.0. The molecule has 1 amide bonds. The second kappa shape index (κ2) is 6.15. The van der Waals surface area contributed by atoms with Gasteiger partial charge in [-0.25, -0.2) is 0 Å². The van der Waals surface area contributed by atoms with E-state index in [0.29, 0.717) is 6.54 Å². The molecule has 0 N–H and O–H groups in total. The largest absolute Gasteiger partial charge is 0.306 e. The zero-order valence-corrected chi connectivity index (χ0v) is 17.0. The van der Waals surface area contributed by atoms with Crippen LogP contribution in [0.4, 0.5) is 11.4 Å². The number of nitrogens with zero attached hydrogens (tertiary/aromatic N) is 2. The molecule has 3 aromatic rings. The fourth-order valence-corrected chi connectivity index (χ4v) is 4.82. The first-order valence-electron chi connectivity index (χ1n) is 10.1. The molecule has 3 heteroatoms. The molecule has 0 bridgehead atoms. The van der Waals surface area contributed by atoms with Crippen LogP contribution in [0.5, 0.6) is 0 Å². The number of carbonyl (C=O) groups excluding carboxylic acids is 1. The molecule has 0 saturated heterocycles. The van der Waals surface area contributed by atoms with Crippen LogP contribution in [0.1, 0.15) is 37.5 Å². The Morgan fingerprint density at radius 1 is 0.828 bits per heavy atom. The van der Waals surface area contributed by atoms with Crippen LogP contribution >= 0.6 is 0 Å². The Morgan fingerprint density at radius 2 is 1.45 bits per heavy atom. The number of benzene rings is 3. The van der Waals surface area contributed by atoms with Crippen molar-refractivity contribution < 1.29 is 4.79 Å². The van der Waals surface area contributed by atoms with Crippen molar-refractivity contribution in [3.63, 3.8) is 0 Å². The molecular formula is C26H24N2O. The summed E-state index contributed by atoms with van der Waals surface area (Å²) >= 11 is 0. The van der Waals surface area contributed by atoms with Gasteiger partial charge in [0.15, 0.2) is 0 Å². The fourth-order valence-electron chi connectivity index (χ4n) is 4.82. The van der Waals surface area contributed by atoms with Gasteiger partial charge >= 0.3 is 0 Å². The summed E-state index contributed by atoms with van der Waals surface area (Å²) in [6.45, 7) is 7.00. The van der Waals surface area contributed by atoms with E-state index < -0.39 is 5.41 Å². The van der Waals surface area contributed by atoms with Crippen molar-refractivity contribution >= 4 is 23.0 Å². The number of amides is 1. The highest BCUT2D eigenvalue weighted by Crippen LogP contribution is 2.56. The average Bonchev–Trinajstić information content (AvgIpc) is 3.19. The molecular weight excluding hydrogens is 356 g/mol. The SMILES string of the molecule is CC(C)(C)C1=Nc2ccccc2C12C(=O)N(Cc1ccccc1)c1ccccc12. The van der Waals surface area contributed by atoms with Crippen LogP contribution in [-0.4, -0.2) is 11.6 Å². The quantitative estimate of drug-likeness (QED) is 0.565. The van der Waals surface area contributed by atoms with Crippen LogP contribution in [0, 0.1) is 5.41 Å². The maximum Gasteiger partial charge on any atom is 0.248 e. The van der Waals surface area contributed by atoms with E-state index in [-0.39, 0.29) is 11.3 Å². The minimum atomic E-state index is -0.847. The first-order chi connectivity index (χ1) is 13.9. The molecule has 1 spiro atoms. The first kappa shape index (κ1) is 17.9. The van der Waals surface area contributed by atoms with Crippen LogP contribution in [0.3, 0.4) is 0 Å². The molecule has 2 heterocycles. The summed E-state index contributed by atoms with van der Waals surface area (Å²) in [6.07, 6.45) is 0. The highest BCUT2D eigenvalue weighted by atomic mass is 16.2. The summed E-state index contributed by atoms with van der Waals surface area (Å²) in [4.78, 5) is 21.2. The Hall–Kier alpha value is -3.20. The molecule has 0 aromatic heterocycles. The van der Waals surface area contributed by atoms with Gasteiger partial charge < -0.3 is 4.90 Å². The number of hydrogen-bond donors (Lipinski definition) is 0. The summed E-state index contributed by atoms with van der Waals surface area (Å²) < 4.78 is 0. The average molecular weight is 380 g/mol. The minimum absolute atomic E-state index is 0.0983. The highest BCUT2D eigenvalue weighted by Gasteiger charge is 2.60. The van der Waals surface area contributed by atoms with Gasteiger partial charge in [-0.15, -0.1) is 0 Å². The van der Waals surface area contributed by atoms with Gasteiger partial charge in [-0.2, -0.15) is 0 Å². The smallest absolute Gasteiger partial charge is 0.248 e. The summed E-state index contributed by atoms with van der Waals surface area (Å²) in [5.41, 5.74) is 4.88. The fraction of sp³-hybridized carbons (Fsp3) is 0.231. The van der Waals surface area contributed by atoms with E-state index in [1.807, 2.05) is 53.4 Å². The molecule has 0 saturated carbocycles. The van der Waals surface area contributed by atoms with Gasteiger partial charge in [-0.1, -0.05) is 87.5 Å². The number of aliphatic imine (C=N–C) groups is 1. The Balaban J connectivity index is 1.77. The molecule has 0 fully saturated rings. The number of rotatable bonds is 2. The second-order valence-corrected chi connectivity index (χ2v) is 8.87. The predicted octanol–water partition coefficient (Wildman–Crippen LogP) is 5.65. The van der Waals surface area contributed by atoms with E-state index in [9.17, 15) is 4.79 Å². The van der Waals surface area contributed by atoms with Gasteiger partial charge in [-0.05, 0) is 17.7 Å². The molecule has 1 unspecified atom stereocenters. The summed E-state index contributed by atoms with van der Waals surface area (Å²) in [7, 11) is 0. The van der Waals surface area contributed by atoms with Crippen LogP contribution in [-0.2, 0) is 16.8 Å². The lowest BCUT2D eigenvalue weighted by atomic mass is 9.66. The zero-order chi connectivity index (χ0) is 20.2. The minimum Gasteiger partial charge on any atom is -0.306 e. The van der Waals surface area contributed by atoms with Crippen molar-refractivity contribution in [3.8, 4) is 0 Å². The third-order valence-electron chi connectivity index (χ3n) is 5.95. The van der Waals surface area contributed by atoms with Gasteiger partial charge in [0.1, 0.15) is 5.41 Å². The second-order valence-electron chi connectivity index (χ2n) is 8.87. The molecule has 2 aliphatic heterocycles. The van der Waals surface area contributed by atoms with Gasteiger partial charge in [0.2, 0.25) is 5.91 Å². The van der Waals surface area contributed by atoms with E-state index >= 15 is 0 Å². The molecule has 2 aliphatic rings. The summed E-state index contributed by atoms with van der Waals surface area (Å²) in [5, 5.41) is 0. The van der Waals surface area contributed by atoms with E-state index in [1.165, 1.54) is 0 Å². The number of hydrogen-bond acceptors (Lipinski definition) is 2. The number of para-hydroxylation sites is 2. The van der Waals surface area contributed by atoms with Crippen molar-refractivity contribution in [1.82, 2.24) is 0 Å². The van der Waals surface area contributed by atoms with Crippen LogP contribution in [0.2, 0.25) is 0 Å². The maximum absolute atomic E-state index is 14.3. The van der Waals surface area contributed by atoms with E-state index in [1.54, 1.807) is 0 Å². The van der Waals surface area contributed by atoms with Crippen molar-refractivity contribution in [3.05, 3.63) is 95.6 Å².